The van der Waals surface area contributed by atoms with Crippen LogP contribution < -0.4 is 5.32 Å². The molecule has 2 aromatic carbocycles. The van der Waals surface area contributed by atoms with Crippen LogP contribution in [0, 0.1) is 0 Å². The molecule has 1 atom stereocenters. The first-order chi connectivity index (χ1) is 9.40. The van der Waals surface area contributed by atoms with Gasteiger partial charge >= 0.3 is 0 Å². The Balaban J connectivity index is 2.08. The van der Waals surface area contributed by atoms with Crippen LogP contribution in [0.3, 0.4) is 0 Å². The first kappa shape index (κ1) is 12.2. The fourth-order valence-electron chi connectivity index (χ4n) is 2.59. The van der Waals surface area contributed by atoms with Crippen LogP contribution in [0.15, 0.2) is 47.5 Å². The summed E-state index contributed by atoms with van der Waals surface area (Å²) in [6.45, 7) is 1.86. The van der Waals surface area contributed by atoms with E-state index in [-0.39, 0.29) is 6.10 Å². The molecule has 0 aliphatic carbocycles. The summed E-state index contributed by atoms with van der Waals surface area (Å²) in [7, 11) is 1.74. The minimum Gasteiger partial charge on any atom is -0.371 e. The first-order valence-electron chi connectivity index (χ1n) is 6.69. The summed E-state index contributed by atoms with van der Waals surface area (Å²) < 4.78 is 5.69. The molecule has 0 unspecified atom stereocenters. The maximum Gasteiger partial charge on any atom is 0.140 e. The Labute approximate surface area is 113 Å². The highest BCUT2D eigenvalue weighted by Gasteiger charge is 2.21. The van der Waals surface area contributed by atoms with E-state index in [4.69, 9.17) is 4.74 Å². The van der Waals surface area contributed by atoms with Crippen molar-refractivity contribution in [3.05, 3.63) is 48.0 Å². The van der Waals surface area contributed by atoms with Gasteiger partial charge in [0, 0.05) is 20.2 Å². The number of ether oxygens (including phenoxy) is 1. The maximum atomic E-state index is 5.69. The van der Waals surface area contributed by atoms with E-state index in [0.717, 1.165) is 25.3 Å². The second-order valence-electron chi connectivity index (χ2n) is 4.73. The van der Waals surface area contributed by atoms with E-state index in [1.165, 1.54) is 16.3 Å². The predicted octanol–water partition coefficient (Wildman–Crippen LogP) is 2.92. The Hall–Kier alpha value is -1.87. The highest BCUT2D eigenvalue weighted by Crippen LogP contribution is 2.27. The zero-order valence-corrected chi connectivity index (χ0v) is 11.1. The van der Waals surface area contributed by atoms with Crippen LogP contribution >= 0.6 is 0 Å². The van der Waals surface area contributed by atoms with E-state index in [9.17, 15) is 0 Å². The molecule has 1 aliphatic heterocycles. The molecule has 0 spiro atoms. The van der Waals surface area contributed by atoms with E-state index >= 15 is 0 Å². The normalized spacial score (nSPS) is 16.8. The lowest BCUT2D eigenvalue weighted by Gasteiger charge is -2.23. The van der Waals surface area contributed by atoms with Crippen LogP contribution in [-0.2, 0) is 4.74 Å². The molecule has 0 fully saturated rings. The zero-order valence-electron chi connectivity index (χ0n) is 11.1. The Morgan fingerprint density at radius 3 is 2.79 bits per heavy atom. The Kier molecular flexibility index (Phi) is 3.47. The number of fused-ring (bicyclic) bond motifs is 1. The molecule has 98 valence electrons. The predicted molar refractivity (Wildman–Crippen MR) is 78.6 cm³/mol. The fourth-order valence-corrected chi connectivity index (χ4v) is 2.59. The van der Waals surface area contributed by atoms with Crippen LogP contribution in [-0.4, -0.2) is 26.0 Å². The van der Waals surface area contributed by atoms with Crippen molar-refractivity contribution in [1.29, 1.82) is 0 Å². The Bertz CT molecular complexity index is 601. The molecule has 0 saturated carbocycles. The van der Waals surface area contributed by atoms with Gasteiger partial charge in [-0.15, -0.1) is 0 Å². The van der Waals surface area contributed by atoms with E-state index in [2.05, 4.69) is 52.8 Å². The molecular formula is C16H18N2O. The van der Waals surface area contributed by atoms with Gasteiger partial charge in [-0.3, -0.25) is 4.99 Å². The molecule has 0 aromatic heterocycles. The number of methoxy groups -OCH3 is 1. The van der Waals surface area contributed by atoms with Gasteiger partial charge in [-0.05, 0) is 22.8 Å². The number of rotatable bonds is 3. The van der Waals surface area contributed by atoms with Crippen LogP contribution in [0.1, 0.15) is 18.1 Å². The highest BCUT2D eigenvalue weighted by molar-refractivity contribution is 5.94. The van der Waals surface area contributed by atoms with E-state index in [1.54, 1.807) is 7.11 Å². The summed E-state index contributed by atoms with van der Waals surface area (Å²) in [5, 5.41) is 5.82. The summed E-state index contributed by atoms with van der Waals surface area (Å²) in [4.78, 5) is 4.56. The van der Waals surface area contributed by atoms with Gasteiger partial charge in [0.05, 0.1) is 0 Å². The van der Waals surface area contributed by atoms with Gasteiger partial charge in [-0.25, -0.2) is 0 Å². The molecule has 3 rings (SSSR count). The fraction of sp³-hybridized carbons (Fsp3) is 0.312. The van der Waals surface area contributed by atoms with Crippen LogP contribution in [0.25, 0.3) is 10.8 Å². The lowest BCUT2D eigenvalue weighted by molar-refractivity contribution is 0.155. The van der Waals surface area contributed by atoms with Crippen molar-refractivity contribution >= 4 is 16.6 Å². The van der Waals surface area contributed by atoms with Gasteiger partial charge in [0.2, 0.25) is 0 Å². The standard InChI is InChI=1S/C16H18N2O/c1-19-15(16-17-10-5-11-18-16)14-9-4-7-12-6-2-3-8-13(12)14/h2-4,6-9,15H,5,10-11H2,1H3,(H,17,18)/t15-/m0/s1. The second kappa shape index (κ2) is 5.41. The molecule has 1 aliphatic rings. The molecular weight excluding hydrogens is 236 g/mol. The average molecular weight is 254 g/mol. The third-order valence-corrected chi connectivity index (χ3v) is 3.51. The molecule has 2 aromatic rings. The largest absolute Gasteiger partial charge is 0.371 e. The quantitative estimate of drug-likeness (QED) is 0.913. The summed E-state index contributed by atoms with van der Waals surface area (Å²) in [6, 6.07) is 14.7. The van der Waals surface area contributed by atoms with Gasteiger partial charge in [-0.1, -0.05) is 42.5 Å². The summed E-state index contributed by atoms with van der Waals surface area (Å²) >= 11 is 0. The number of amidine groups is 1. The van der Waals surface area contributed by atoms with Gasteiger partial charge in [-0.2, -0.15) is 0 Å². The Morgan fingerprint density at radius 1 is 1.16 bits per heavy atom. The van der Waals surface area contributed by atoms with E-state index in [0.29, 0.717) is 0 Å². The van der Waals surface area contributed by atoms with Crippen LogP contribution in [0.4, 0.5) is 0 Å². The topological polar surface area (TPSA) is 33.6 Å². The van der Waals surface area contributed by atoms with E-state index in [1.807, 2.05) is 0 Å². The second-order valence-corrected chi connectivity index (χ2v) is 4.73. The number of hydrogen-bond acceptors (Lipinski definition) is 3. The van der Waals surface area contributed by atoms with Gasteiger partial charge in [0.15, 0.2) is 0 Å². The monoisotopic (exact) mass is 254 g/mol. The zero-order chi connectivity index (χ0) is 13.1. The number of nitrogens with zero attached hydrogens (tertiary/aromatic N) is 1. The summed E-state index contributed by atoms with van der Waals surface area (Å²) in [5.41, 5.74) is 1.17. The third kappa shape index (κ3) is 2.34. The van der Waals surface area contributed by atoms with Crippen molar-refractivity contribution in [1.82, 2.24) is 5.32 Å². The number of benzene rings is 2. The minimum absolute atomic E-state index is 0.105. The van der Waals surface area contributed by atoms with Crippen LogP contribution in [0.2, 0.25) is 0 Å². The summed E-state index contributed by atoms with van der Waals surface area (Å²) in [5.74, 6) is 0.949. The van der Waals surface area contributed by atoms with Crippen molar-refractivity contribution in [3.8, 4) is 0 Å². The van der Waals surface area contributed by atoms with Crippen molar-refractivity contribution < 1.29 is 4.74 Å². The lowest BCUT2D eigenvalue weighted by Crippen LogP contribution is -2.35. The summed E-state index contributed by atoms with van der Waals surface area (Å²) in [6.07, 6.45) is 0.988. The van der Waals surface area contributed by atoms with Crippen molar-refractivity contribution in [3.63, 3.8) is 0 Å². The molecule has 0 amide bonds. The molecule has 3 nitrogen and oxygen atoms in total. The molecule has 1 heterocycles. The SMILES string of the molecule is CO[C@H](C1=NCCCN1)c1cccc2ccccc12. The van der Waals surface area contributed by atoms with Gasteiger partial charge < -0.3 is 10.1 Å². The molecule has 0 saturated heterocycles. The third-order valence-electron chi connectivity index (χ3n) is 3.51. The number of aliphatic imine (C=N–C) groups is 1. The van der Waals surface area contributed by atoms with Crippen molar-refractivity contribution in [2.45, 2.75) is 12.5 Å². The van der Waals surface area contributed by atoms with E-state index < -0.39 is 0 Å². The molecule has 0 radical (unpaired) electrons. The molecule has 19 heavy (non-hydrogen) atoms. The van der Waals surface area contributed by atoms with Crippen molar-refractivity contribution in [2.24, 2.45) is 4.99 Å². The first-order valence-corrected chi connectivity index (χ1v) is 6.69. The maximum absolute atomic E-state index is 5.69. The number of hydrogen-bond donors (Lipinski definition) is 1. The van der Waals surface area contributed by atoms with Crippen LogP contribution in [0.5, 0.6) is 0 Å². The number of nitrogens with one attached hydrogen (secondary N) is 1. The average Bonchev–Trinajstić information content (AvgIpc) is 2.49. The molecule has 3 heteroatoms. The molecule has 0 bridgehead atoms. The molecule has 1 N–H and O–H groups in total. The van der Waals surface area contributed by atoms with Gasteiger partial charge in [0.25, 0.3) is 0 Å². The van der Waals surface area contributed by atoms with Crippen molar-refractivity contribution in [2.75, 3.05) is 20.2 Å². The smallest absolute Gasteiger partial charge is 0.140 e. The Morgan fingerprint density at radius 2 is 2.00 bits per heavy atom. The van der Waals surface area contributed by atoms with Gasteiger partial charge in [0.1, 0.15) is 11.9 Å². The lowest BCUT2D eigenvalue weighted by atomic mass is 9.99. The highest BCUT2D eigenvalue weighted by atomic mass is 16.5. The minimum atomic E-state index is -0.105.